The number of nitrogens with one attached hydrogen (secondary N) is 1. The Bertz CT molecular complexity index is 157. The Hall–Kier alpha value is -0.610. The Labute approximate surface area is 80.0 Å². The number of hydrogen-bond donors (Lipinski definition) is 3. The average molecular weight is 187 g/mol. The zero-order valence-electron chi connectivity index (χ0n) is 8.60. The molecule has 78 valence electrons. The molecule has 0 radical (unpaired) electrons. The number of hydrogen-bond acceptors (Lipinski definition) is 3. The molecular formula is C9H21N3O. The van der Waals surface area contributed by atoms with Gasteiger partial charge in [0.05, 0.1) is 5.41 Å². The molecule has 0 aliphatic carbocycles. The quantitative estimate of drug-likeness (QED) is 0.505. The number of carbonyl (C=O) groups is 1. The lowest BCUT2D eigenvalue weighted by atomic mass is 9.93. The monoisotopic (exact) mass is 187 g/mol. The maximum absolute atomic E-state index is 11.4. The third-order valence-electron chi connectivity index (χ3n) is 2.04. The molecule has 0 fully saturated rings. The number of unbranched alkanes of at least 4 members (excludes halogenated alkanes) is 1. The van der Waals surface area contributed by atoms with Crippen molar-refractivity contribution in [2.75, 3.05) is 19.6 Å². The van der Waals surface area contributed by atoms with Crippen molar-refractivity contribution in [1.82, 2.24) is 5.32 Å². The van der Waals surface area contributed by atoms with Crippen LogP contribution in [0.15, 0.2) is 0 Å². The van der Waals surface area contributed by atoms with E-state index in [9.17, 15) is 4.79 Å². The molecule has 4 nitrogen and oxygen atoms in total. The summed E-state index contributed by atoms with van der Waals surface area (Å²) in [5.74, 6) is 0.0204. The first-order chi connectivity index (χ1) is 6.04. The summed E-state index contributed by atoms with van der Waals surface area (Å²) in [4.78, 5) is 11.4. The van der Waals surface area contributed by atoms with Gasteiger partial charge in [0.2, 0.25) is 5.91 Å². The van der Waals surface area contributed by atoms with E-state index in [1.54, 1.807) is 0 Å². The SMILES string of the molecule is CC(C)(CN)C(=O)NCCCCN. The highest BCUT2D eigenvalue weighted by Gasteiger charge is 2.24. The van der Waals surface area contributed by atoms with E-state index in [1.807, 2.05) is 13.8 Å². The van der Waals surface area contributed by atoms with E-state index >= 15 is 0 Å². The van der Waals surface area contributed by atoms with Gasteiger partial charge in [0, 0.05) is 13.1 Å². The minimum Gasteiger partial charge on any atom is -0.356 e. The van der Waals surface area contributed by atoms with Crippen molar-refractivity contribution in [2.45, 2.75) is 26.7 Å². The Morgan fingerprint density at radius 2 is 1.92 bits per heavy atom. The summed E-state index contributed by atoms with van der Waals surface area (Å²) in [5.41, 5.74) is 10.3. The average Bonchev–Trinajstić information content (AvgIpc) is 2.12. The molecule has 0 aromatic carbocycles. The normalized spacial score (nSPS) is 11.4. The van der Waals surface area contributed by atoms with Crippen LogP contribution < -0.4 is 16.8 Å². The van der Waals surface area contributed by atoms with Crippen LogP contribution in [0.2, 0.25) is 0 Å². The van der Waals surface area contributed by atoms with Crippen LogP contribution in [0.1, 0.15) is 26.7 Å². The molecule has 13 heavy (non-hydrogen) atoms. The molecule has 0 atom stereocenters. The van der Waals surface area contributed by atoms with Crippen LogP contribution in [0.4, 0.5) is 0 Å². The van der Waals surface area contributed by atoms with Crippen LogP contribution >= 0.6 is 0 Å². The van der Waals surface area contributed by atoms with Gasteiger partial charge in [-0.25, -0.2) is 0 Å². The Balaban J connectivity index is 3.62. The molecule has 0 rings (SSSR count). The van der Waals surface area contributed by atoms with Crippen LogP contribution in [0.5, 0.6) is 0 Å². The third-order valence-corrected chi connectivity index (χ3v) is 2.04. The highest BCUT2D eigenvalue weighted by Crippen LogP contribution is 2.11. The second kappa shape index (κ2) is 5.94. The van der Waals surface area contributed by atoms with Gasteiger partial charge < -0.3 is 16.8 Å². The van der Waals surface area contributed by atoms with E-state index < -0.39 is 5.41 Å². The molecule has 0 saturated heterocycles. The van der Waals surface area contributed by atoms with Gasteiger partial charge in [-0.15, -0.1) is 0 Å². The maximum Gasteiger partial charge on any atom is 0.226 e. The molecule has 0 heterocycles. The van der Waals surface area contributed by atoms with Crippen molar-refractivity contribution in [1.29, 1.82) is 0 Å². The van der Waals surface area contributed by atoms with Crippen molar-refractivity contribution >= 4 is 5.91 Å². The first-order valence-electron chi connectivity index (χ1n) is 4.73. The van der Waals surface area contributed by atoms with Crippen molar-refractivity contribution in [3.8, 4) is 0 Å². The van der Waals surface area contributed by atoms with E-state index in [1.165, 1.54) is 0 Å². The number of carbonyl (C=O) groups excluding carboxylic acids is 1. The number of rotatable bonds is 6. The molecule has 0 bridgehead atoms. The van der Waals surface area contributed by atoms with Crippen LogP contribution in [0.25, 0.3) is 0 Å². The largest absolute Gasteiger partial charge is 0.356 e. The van der Waals surface area contributed by atoms with Gasteiger partial charge in [-0.2, -0.15) is 0 Å². The van der Waals surface area contributed by atoms with Crippen molar-refractivity contribution in [3.05, 3.63) is 0 Å². The highest BCUT2D eigenvalue weighted by molar-refractivity contribution is 5.81. The van der Waals surface area contributed by atoms with E-state index in [0.29, 0.717) is 19.6 Å². The van der Waals surface area contributed by atoms with Crippen LogP contribution in [0.3, 0.4) is 0 Å². The molecule has 0 aromatic rings. The fourth-order valence-electron chi connectivity index (χ4n) is 0.803. The minimum atomic E-state index is -0.456. The standard InChI is InChI=1S/C9H21N3O/c1-9(2,7-11)8(13)12-6-4-3-5-10/h3-7,10-11H2,1-2H3,(H,12,13). The summed E-state index contributed by atoms with van der Waals surface area (Å²) in [6.07, 6.45) is 1.88. The summed E-state index contributed by atoms with van der Waals surface area (Å²) in [6, 6.07) is 0. The maximum atomic E-state index is 11.4. The number of nitrogens with two attached hydrogens (primary N) is 2. The topological polar surface area (TPSA) is 81.1 Å². The molecule has 4 heteroatoms. The van der Waals surface area contributed by atoms with E-state index in [2.05, 4.69) is 5.32 Å². The molecule has 0 aromatic heterocycles. The van der Waals surface area contributed by atoms with Gasteiger partial charge >= 0.3 is 0 Å². The number of amides is 1. The zero-order valence-corrected chi connectivity index (χ0v) is 8.60. The molecule has 0 saturated carbocycles. The fraction of sp³-hybridized carbons (Fsp3) is 0.889. The van der Waals surface area contributed by atoms with Crippen LogP contribution in [0, 0.1) is 5.41 Å². The fourth-order valence-corrected chi connectivity index (χ4v) is 0.803. The predicted octanol–water partition coefficient (Wildman–Crippen LogP) is -0.174. The summed E-state index contributed by atoms with van der Waals surface area (Å²) in [6.45, 7) is 5.42. The predicted molar refractivity (Wildman–Crippen MR) is 54.1 cm³/mol. The zero-order chi connectivity index (χ0) is 10.3. The summed E-state index contributed by atoms with van der Waals surface area (Å²) in [5, 5.41) is 2.83. The Kier molecular flexibility index (Phi) is 5.66. The molecule has 5 N–H and O–H groups in total. The van der Waals surface area contributed by atoms with Gasteiger partial charge in [0.15, 0.2) is 0 Å². The van der Waals surface area contributed by atoms with Gasteiger partial charge in [0.25, 0.3) is 0 Å². The summed E-state index contributed by atoms with van der Waals surface area (Å²) >= 11 is 0. The van der Waals surface area contributed by atoms with Crippen molar-refractivity contribution < 1.29 is 4.79 Å². The molecule has 0 aliphatic heterocycles. The lowest BCUT2D eigenvalue weighted by molar-refractivity contribution is -0.128. The first-order valence-corrected chi connectivity index (χ1v) is 4.73. The van der Waals surface area contributed by atoms with Crippen LogP contribution in [-0.2, 0) is 4.79 Å². The van der Waals surface area contributed by atoms with Crippen molar-refractivity contribution in [3.63, 3.8) is 0 Å². The summed E-state index contributed by atoms with van der Waals surface area (Å²) < 4.78 is 0. The Morgan fingerprint density at radius 3 is 2.38 bits per heavy atom. The van der Waals surface area contributed by atoms with E-state index in [0.717, 1.165) is 12.8 Å². The first kappa shape index (κ1) is 12.4. The van der Waals surface area contributed by atoms with E-state index in [4.69, 9.17) is 11.5 Å². The summed E-state index contributed by atoms with van der Waals surface area (Å²) in [7, 11) is 0. The van der Waals surface area contributed by atoms with Crippen LogP contribution in [-0.4, -0.2) is 25.5 Å². The molecule has 0 spiro atoms. The lowest BCUT2D eigenvalue weighted by Crippen LogP contribution is -2.42. The van der Waals surface area contributed by atoms with Gasteiger partial charge in [-0.05, 0) is 33.2 Å². The van der Waals surface area contributed by atoms with Crippen molar-refractivity contribution in [2.24, 2.45) is 16.9 Å². The third kappa shape index (κ3) is 4.85. The highest BCUT2D eigenvalue weighted by atomic mass is 16.2. The van der Waals surface area contributed by atoms with E-state index in [-0.39, 0.29) is 5.91 Å². The lowest BCUT2D eigenvalue weighted by Gasteiger charge is -2.21. The molecule has 1 amide bonds. The van der Waals surface area contributed by atoms with Gasteiger partial charge in [-0.1, -0.05) is 0 Å². The molecular weight excluding hydrogens is 166 g/mol. The van der Waals surface area contributed by atoms with Gasteiger partial charge in [-0.3, -0.25) is 4.79 Å². The molecule has 0 aliphatic rings. The smallest absolute Gasteiger partial charge is 0.226 e. The second-order valence-corrected chi connectivity index (χ2v) is 3.84. The van der Waals surface area contributed by atoms with Gasteiger partial charge in [0.1, 0.15) is 0 Å². The Morgan fingerprint density at radius 1 is 1.31 bits per heavy atom. The molecule has 0 unspecified atom stereocenters. The minimum absolute atomic E-state index is 0.0204. The second-order valence-electron chi connectivity index (χ2n) is 3.84.